The van der Waals surface area contributed by atoms with Gasteiger partial charge in [-0.2, -0.15) is 0 Å². The number of hydrogen-bond donors (Lipinski definition) is 0. The first-order valence-corrected chi connectivity index (χ1v) is 6.15. The third kappa shape index (κ3) is 1.44. The van der Waals surface area contributed by atoms with E-state index in [9.17, 15) is 0 Å². The molecule has 0 radical (unpaired) electrons. The van der Waals surface area contributed by atoms with E-state index in [1.54, 1.807) is 11.3 Å². The lowest BCUT2D eigenvalue weighted by Gasteiger charge is -2.04. The predicted molar refractivity (Wildman–Crippen MR) is 68.3 cm³/mol. The maximum Gasteiger partial charge on any atom is 0.119 e. The summed E-state index contributed by atoms with van der Waals surface area (Å²) in [5.41, 5.74) is 2.96. The van der Waals surface area contributed by atoms with Gasteiger partial charge in [0.1, 0.15) is 5.75 Å². The second kappa shape index (κ2) is 3.76. The predicted octanol–water partition coefficient (Wildman–Crippen LogP) is 3.85. The highest BCUT2D eigenvalue weighted by Gasteiger charge is 2.03. The van der Waals surface area contributed by atoms with E-state index in [2.05, 4.69) is 29.2 Å². The maximum atomic E-state index is 5.50. The molecule has 16 heavy (non-hydrogen) atoms. The average Bonchev–Trinajstić information content (AvgIpc) is 2.77. The number of benzene rings is 2. The van der Waals surface area contributed by atoms with Crippen LogP contribution in [0.2, 0.25) is 0 Å². The highest BCUT2D eigenvalue weighted by molar-refractivity contribution is 7.17. The molecule has 3 heteroatoms. The molecule has 1 heterocycles. The minimum atomic E-state index is 0.703. The minimum absolute atomic E-state index is 0.703. The first-order valence-electron chi connectivity index (χ1n) is 5.27. The number of fused-ring (bicyclic) bond motifs is 3. The zero-order chi connectivity index (χ0) is 11.0. The van der Waals surface area contributed by atoms with Crippen LogP contribution in [0.3, 0.4) is 0 Å². The van der Waals surface area contributed by atoms with Crippen molar-refractivity contribution >= 4 is 32.3 Å². The third-order valence-electron chi connectivity index (χ3n) is 2.59. The van der Waals surface area contributed by atoms with E-state index in [1.165, 1.54) is 15.5 Å². The van der Waals surface area contributed by atoms with Crippen molar-refractivity contribution in [1.29, 1.82) is 0 Å². The second-order valence-electron chi connectivity index (χ2n) is 3.58. The van der Waals surface area contributed by atoms with E-state index < -0.39 is 0 Å². The summed E-state index contributed by atoms with van der Waals surface area (Å²) < 4.78 is 6.75. The number of ether oxygens (including phenoxy) is 1. The van der Waals surface area contributed by atoms with Gasteiger partial charge in [0, 0.05) is 5.39 Å². The molecule has 2 aromatic carbocycles. The molecule has 0 spiro atoms. The Labute approximate surface area is 97.5 Å². The summed E-state index contributed by atoms with van der Waals surface area (Å²) in [7, 11) is 0. The zero-order valence-electron chi connectivity index (χ0n) is 8.93. The van der Waals surface area contributed by atoms with Crippen LogP contribution in [0.25, 0.3) is 21.0 Å². The molecule has 0 aliphatic rings. The topological polar surface area (TPSA) is 22.1 Å². The fourth-order valence-electron chi connectivity index (χ4n) is 1.89. The number of aromatic nitrogens is 1. The largest absolute Gasteiger partial charge is 0.494 e. The smallest absolute Gasteiger partial charge is 0.119 e. The second-order valence-corrected chi connectivity index (χ2v) is 4.44. The number of hydrogen-bond acceptors (Lipinski definition) is 3. The molecule has 0 fully saturated rings. The van der Waals surface area contributed by atoms with E-state index in [0.717, 1.165) is 11.3 Å². The zero-order valence-corrected chi connectivity index (χ0v) is 9.75. The number of nitrogens with zero attached hydrogens (tertiary/aromatic N) is 1. The van der Waals surface area contributed by atoms with E-state index >= 15 is 0 Å². The molecular formula is C13H11NOS. The molecule has 0 saturated heterocycles. The fraction of sp³-hybridized carbons (Fsp3) is 0.154. The van der Waals surface area contributed by atoms with Crippen molar-refractivity contribution in [2.24, 2.45) is 0 Å². The highest BCUT2D eigenvalue weighted by atomic mass is 32.1. The lowest BCUT2D eigenvalue weighted by Crippen LogP contribution is -1.90. The van der Waals surface area contributed by atoms with Crippen LogP contribution in [0.15, 0.2) is 35.8 Å². The summed E-state index contributed by atoms with van der Waals surface area (Å²) in [6.07, 6.45) is 0. The van der Waals surface area contributed by atoms with Crippen molar-refractivity contribution in [2.45, 2.75) is 6.92 Å². The van der Waals surface area contributed by atoms with Gasteiger partial charge in [0.05, 0.1) is 22.3 Å². The van der Waals surface area contributed by atoms with Gasteiger partial charge < -0.3 is 4.74 Å². The van der Waals surface area contributed by atoms with Crippen molar-refractivity contribution in [3.63, 3.8) is 0 Å². The van der Waals surface area contributed by atoms with Crippen LogP contribution in [0.4, 0.5) is 0 Å². The van der Waals surface area contributed by atoms with Crippen LogP contribution in [-0.2, 0) is 0 Å². The fourth-order valence-corrected chi connectivity index (χ4v) is 2.71. The third-order valence-corrected chi connectivity index (χ3v) is 3.47. The first kappa shape index (κ1) is 9.60. The van der Waals surface area contributed by atoms with Crippen LogP contribution >= 0.6 is 11.3 Å². The lowest BCUT2D eigenvalue weighted by molar-refractivity contribution is 0.341. The summed E-state index contributed by atoms with van der Waals surface area (Å²) in [5, 5.41) is 2.46. The van der Waals surface area contributed by atoms with E-state index in [-0.39, 0.29) is 0 Å². The van der Waals surface area contributed by atoms with E-state index in [1.807, 2.05) is 18.5 Å². The normalized spacial score (nSPS) is 11.1. The van der Waals surface area contributed by atoms with Gasteiger partial charge >= 0.3 is 0 Å². The SMILES string of the molecule is CCOc1ccc2c(ccc3ncsc32)c1. The van der Waals surface area contributed by atoms with Crippen molar-refractivity contribution in [3.8, 4) is 5.75 Å². The molecule has 0 saturated carbocycles. The van der Waals surface area contributed by atoms with Crippen LogP contribution < -0.4 is 4.74 Å². The molecule has 0 bridgehead atoms. The Hall–Kier alpha value is -1.61. The van der Waals surface area contributed by atoms with Gasteiger partial charge in [-0.25, -0.2) is 4.98 Å². The summed E-state index contributed by atoms with van der Waals surface area (Å²) >= 11 is 1.68. The molecule has 0 aliphatic carbocycles. The molecule has 0 atom stereocenters. The number of thiazole rings is 1. The molecular weight excluding hydrogens is 218 g/mol. The van der Waals surface area contributed by atoms with Crippen molar-refractivity contribution in [2.75, 3.05) is 6.61 Å². The molecule has 0 N–H and O–H groups in total. The van der Waals surface area contributed by atoms with Gasteiger partial charge in [-0.05, 0) is 36.6 Å². The van der Waals surface area contributed by atoms with Crippen molar-refractivity contribution in [3.05, 3.63) is 35.8 Å². The van der Waals surface area contributed by atoms with Gasteiger partial charge in [0.2, 0.25) is 0 Å². The Morgan fingerprint density at radius 1 is 1.25 bits per heavy atom. The molecule has 2 nitrogen and oxygen atoms in total. The average molecular weight is 229 g/mol. The highest BCUT2D eigenvalue weighted by Crippen LogP contribution is 2.30. The van der Waals surface area contributed by atoms with Crippen LogP contribution in [0, 0.1) is 0 Å². The Kier molecular flexibility index (Phi) is 2.26. The van der Waals surface area contributed by atoms with Gasteiger partial charge in [-0.1, -0.05) is 6.07 Å². The Balaban J connectivity index is 2.28. The molecule has 3 rings (SSSR count). The van der Waals surface area contributed by atoms with E-state index in [4.69, 9.17) is 4.74 Å². The summed E-state index contributed by atoms with van der Waals surface area (Å²) in [6, 6.07) is 10.4. The number of rotatable bonds is 2. The summed E-state index contributed by atoms with van der Waals surface area (Å²) in [5.74, 6) is 0.930. The van der Waals surface area contributed by atoms with Gasteiger partial charge in [-0.15, -0.1) is 11.3 Å². The van der Waals surface area contributed by atoms with Gasteiger partial charge in [0.15, 0.2) is 0 Å². The van der Waals surface area contributed by atoms with Crippen LogP contribution in [0.1, 0.15) is 6.92 Å². The first-order chi connectivity index (χ1) is 7.88. The van der Waals surface area contributed by atoms with Crippen LogP contribution in [0.5, 0.6) is 5.75 Å². The van der Waals surface area contributed by atoms with Crippen molar-refractivity contribution in [1.82, 2.24) is 4.98 Å². The molecule has 0 aliphatic heterocycles. The molecule has 80 valence electrons. The van der Waals surface area contributed by atoms with E-state index in [0.29, 0.717) is 6.61 Å². The molecule has 1 aromatic heterocycles. The van der Waals surface area contributed by atoms with Gasteiger partial charge in [0.25, 0.3) is 0 Å². The minimum Gasteiger partial charge on any atom is -0.494 e. The van der Waals surface area contributed by atoms with Crippen molar-refractivity contribution < 1.29 is 4.74 Å². The maximum absolute atomic E-state index is 5.50. The van der Waals surface area contributed by atoms with Gasteiger partial charge in [-0.3, -0.25) is 0 Å². The quantitative estimate of drug-likeness (QED) is 0.666. The Morgan fingerprint density at radius 2 is 2.19 bits per heavy atom. The Bertz CT molecular complexity index is 645. The summed E-state index contributed by atoms with van der Waals surface area (Å²) in [4.78, 5) is 4.31. The molecule has 0 unspecified atom stereocenters. The monoisotopic (exact) mass is 229 g/mol. The Morgan fingerprint density at radius 3 is 3.06 bits per heavy atom. The molecule has 0 amide bonds. The summed E-state index contributed by atoms with van der Waals surface area (Å²) in [6.45, 7) is 2.70. The standard InChI is InChI=1S/C13H11NOS/c1-2-15-10-4-5-11-9(7-10)3-6-12-13(11)16-8-14-12/h3-8H,2H2,1H3. The van der Waals surface area contributed by atoms with Crippen LogP contribution in [-0.4, -0.2) is 11.6 Å². The molecule has 3 aromatic rings. The lowest BCUT2D eigenvalue weighted by atomic mass is 10.1.